The van der Waals surface area contributed by atoms with Gasteiger partial charge in [-0.15, -0.1) is 0 Å². The van der Waals surface area contributed by atoms with E-state index in [9.17, 15) is 0 Å². The van der Waals surface area contributed by atoms with E-state index in [0.717, 1.165) is 16.7 Å². The summed E-state index contributed by atoms with van der Waals surface area (Å²) in [5.41, 5.74) is 2.81. The Balaban J connectivity index is 0.000000550. The van der Waals surface area contributed by atoms with Gasteiger partial charge in [-0.1, -0.05) is 52.6 Å². The van der Waals surface area contributed by atoms with Crippen molar-refractivity contribution in [2.75, 3.05) is 0 Å². The molecule has 0 amide bonds. The second-order valence-corrected chi connectivity index (χ2v) is 5.60. The molecule has 0 aliphatic carbocycles. The van der Waals surface area contributed by atoms with Crippen molar-refractivity contribution in [3.05, 3.63) is 35.1 Å². The summed E-state index contributed by atoms with van der Waals surface area (Å²) in [5.74, 6) is 0.992. The van der Waals surface area contributed by atoms with Gasteiger partial charge in [0, 0.05) is 17.1 Å². The lowest BCUT2D eigenvalue weighted by Gasteiger charge is -2.14. The number of halogens is 1. The van der Waals surface area contributed by atoms with Crippen molar-refractivity contribution in [2.45, 2.75) is 47.0 Å². The van der Waals surface area contributed by atoms with Crippen LogP contribution < -0.4 is 0 Å². The van der Waals surface area contributed by atoms with Crippen LogP contribution in [-0.4, -0.2) is 9.97 Å². The lowest BCUT2D eigenvalue weighted by Crippen LogP contribution is -2.05. The zero-order valence-corrected chi connectivity index (χ0v) is 13.2. The van der Waals surface area contributed by atoms with Crippen molar-refractivity contribution in [3.63, 3.8) is 0 Å². The van der Waals surface area contributed by atoms with Gasteiger partial charge in [0.1, 0.15) is 0 Å². The molecule has 0 aliphatic rings. The molecule has 1 aromatic carbocycles. The summed E-state index contributed by atoms with van der Waals surface area (Å²) in [7, 11) is 0. The summed E-state index contributed by atoms with van der Waals surface area (Å²) in [6.45, 7) is 10.8. The fraction of sp³-hybridized carbons (Fsp3) is 0.500. The van der Waals surface area contributed by atoms with Crippen LogP contribution in [0.25, 0.3) is 11.0 Å². The van der Waals surface area contributed by atoms with Crippen molar-refractivity contribution in [3.8, 4) is 0 Å². The molecule has 0 aliphatic heterocycles. The van der Waals surface area contributed by atoms with Gasteiger partial charge in [0.25, 0.3) is 0 Å². The van der Waals surface area contributed by atoms with Crippen LogP contribution in [0.2, 0.25) is 5.02 Å². The number of hydrogen-bond donors (Lipinski definition) is 0. The fourth-order valence-electron chi connectivity index (χ4n) is 1.56. The lowest BCUT2D eigenvalue weighted by atomic mass is 9.95. The van der Waals surface area contributed by atoms with Gasteiger partial charge >= 0.3 is 0 Å². The first-order valence-electron chi connectivity index (χ1n) is 6.91. The third kappa shape index (κ3) is 4.46. The topological polar surface area (TPSA) is 25.8 Å². The molecule has 0 radical (unpaired) electrons. The maximum atomic E-state index is 5.90. The van der Waals surface area contributed by atoms with Gasteiger partial charge in [0.15, 0.2) is 0 Å². The van der Waals surface area contributed by atoms with Crippen LogP contribution >= 0.6 is 11.6 Å². The minimum Gasteiger partial charge on any atom is -0.253 e. The van der Waals surface area contributed by atoms with Gasteiger partial charge in [-0.25, -0.2) is 4.98 Å². The molecule has 1 heterocycles. The van der Waals surface area contributed by atoms with Crippen LogP contribution in [0.1, 0.15) is 52.7 Å². The maximum Gasteiger partial charge on any atom is 0.0901 e. The maximum absolute atomic E-state index is 5.90. The Morgan fingerprint density at radius 3 is 2.32 bits per heavy atom. The molecule has 104 valence electrons. The molecule has 3 heteroatoms. The minimum atomic E-state index is 0.424. The SMILES string of the molecule is CC(C)C(C)c1cnc2cc(Cl)ccc2n1.CCC. The van der Waals surface area contributed by atoms with Crippen molar-refractivity contribution < 1.29 is 0 Å². The summed E-state index contributed by atoms with van der Waals surface area (Å²) in [6, 6.07) is 5.61. The highest BCUT2D eigenvalue weighted by atomic mass is 35.5. The third-order valence-corrected chi connectivity index (χ3v) is 3.22. The zero-order valence-electron chi connectivity index (χ0n) is 12.4. The standard InChI is InChI=1S/C13H15ClN2.C3H8/c1-8(2)9(3)13-7-15-12-6-10(14)4-5-11(12)16-13;1-3-2/h4-9H,1-3H3;3H2,1-2H3. The molecule has 0 saturated heterocycles. The Kier molecular flexibility index (Phi) is 6.23. The van der Waals surface area contributed by atoms with Crippen LogP contribution in [0, 0.1) is 5.92 Å². The van der Waals surface area contributed by atoms with E-state index in [4.69, 9.17) is 11.6 Å². The summed E-state index contributed by atoms with van der Waals surface area (Å²) in [6.07, 6.45) is 3.10. The average molecular weight is 279 g/mol. The highest BCUT2D eigenvalue weighted by Gasteiger charge is 2.12. The molecule has 1 atom stereocenters. The molecule has 2 nitrogen and oxygen atoms in total. The van der Waals surface area contributed by atoms with Gasteiger partial charge in [-0.05, 0) is 24.1 Å². The van der Waals surface area contributed by atoms with Crippen LogP contribution in [0.5, 0.6) is 0 Å². The molecule has 0 bridgehead atoms. The molecule has 2 aromatic rings. The van der Waals surface area contributed by atoms with Crippen LogP contribution in [-0.2, 0) is 0 Å². The molecule has 0 fully saturated rings. The third-order valence-electron chi connectivity index (χ3n) is 2.99. The predicted octanol–water partition coefficient (Wildman–Crippen LogP) is 5.46. The van der Waals surface area contributed by atoms with Gasteiger partial charge in [-0.3, -0.25) is 4.98 Å². The summed E-state index contributed by atoms with van der Waals surface area (Å²) >= 11 is 5.90. The van der Waals surface area contributed by atoms with Crippen LogP contribution in [0.4, 0.5) is 0 Å². The molecule has 2 rings (SSSR count). The van der Waals surface area contributed by atoms with E-state index in [-0.39, 0.29) is 0 Å². The molecule has 1 aromatic heterocycles. The van der Waals surface area contributed by atoms with E-state index in [0.29, 0.717) is 16.9 Å². The molecule has 0 saturated carbocycles. The summed E-state index contributed by atoms with van der Waals surface area (Å²) in [4.78, 5) is 9.01. The quantitative estimate of drug-likeness (QED) is 0.729. The summed E-state index contributed by atoms with van der Waals surface area (Å²) < 4.78 is 0. The Bertz CT molecular complexity index is 523. The van der Waals surface area contributed by atoms with Gasteiger partial charge in [0.05, 0.1) is 16.7 Å². The van der Waals surface area contributed by atoms with Crippen molar-refractivity contribution in [2.24, 2.45) is 5.92 Å². The Hall–Kier alpha value is -1.15. The van der Waals surface area contributed by atoms with E-state index in [1.54, 1.807) is 0 Å². The van der Waals surface area contributed by atoms with E-state index < -0.39 is 0 Å². The second-order valence-electron chi connectivity index (χ2n) is 5.17. The highest BCUT2D eigenvalue weighted by Crippen LogP contribution is 2.23. The number of fused-ring (bicyclic) bond motifs is 1. The lowest BCUT2D eigenvalue weighted by molar-refractivity contribution is 0.523. The van der Waals surface area contributed by atoms with Crippen LogP contribution in [0.3, 0.4) is 0 Å². The number of rotatable bonds is 2. The molecular weight excluding hydrogens is 256 g/mol. The first-order chi connectivity index (χ1) is 8.99. The zero-order chi connectivity index (χ0) is 14.4. The van der Waals surface area contributed by atoms with Crippen molar-refractivity contribution in [1.29, 1.82) is 0 Å². The number of aromatic nitrogens is 2. The van der Waals surface area contributed by atoms with Crippen LogP contribution in [0.15, 0.2) is 24.4 Å². The molecule has 0 N–H and O–H groups in total. The number of hydrogen-bond acceptors (Lipinski definition) is 2. The minimum absolute atomic E-state index is 0.424. The predicted molar refractivity (Wildman–Crippen MR) is 83.8 cm³/mol. The Morgan fingerprint density at radius 1 is 1.11 bits per heavy atom. The molecular formula is C16H23ClN2. The fourth-order valence-corrected chi connectivity index (χ4v) is 1.73. The highest BCUT2D eigenvalue weighted by molar-refractivity contribution is 6.31. The van der Waals surface area contributed by atoms with Crippen molar-refractivity contribution >= 4 is 22.6 Å². The van der Waals surface area contributed by atoms with E-state index in [1.807, 2.05) is 24.4 Å². The normalized spacial score (nSPS) is 12.2. The number of nitrogens with zero attached hydrogens (tertiary/aromatic N) is 2. The Labute approximate surface area is 121 Å². The summed E-state index contributed by atoms with van der Waals surface area (Å²) in [5, 5.41) is 0.700. The monoisotopic (exact) mass is 278 g/mol. The first-order valence-corrected chi connectivity index (χ1v) is 7.29. The smallest absolute Gasteiger partial charge is 0.0901 e. The molecule has 19 heavy (non-hydrogen) atoms. The van der Waals surface area contributed by atoms with Gasteiger partial charge in [-0.2, -0.15) is 0 Å². The average Bonchev–Trinajstić information content (AvgIpc) is 2.38. The first kappa shape index (κ1) is 15.9. The Morgan fingerprint density at radius 2 is 1.74 bits per heavy atom. The van der Waals surface area contributed by atoms with E-state index in [1.165, 1.54) is 6.42 Å². The largest absolute Gasteiger partial charge is 0.253 e. The van der Waals surface area contributed by atoms with Gasteiger partial charge < -0.3 is 0 Å². The van der Waals surface area contributed by atoms with Crippen molar-refractivity contribution in [1.82, 2.24) is 9.97 Å². The van der Waals surface area contributed by atoms with Gasteiger partial charge in [0.2, 0.25) is 0 Å². The number of benzene rings is 1. The second kappa shape index (κ2) is 7.44. The van der Waals surface area contributed by atoms with E-state index in [2.05, 4.69) is 44.6 Å². The van der Waals surface area contributed by atoms with E-state index >= 15 is 0 Å². The molecule has 0 spiro atoms. The molecule has 1 unspecified atom stereocenters.